The van der Waals surface area contributed by atoms with Crippen molar-refractivity contribution in [3.05, 3.63) is 28.2 Å². The molecule has 0 aliphatic rings. The summed E-state index contributed by atoms with van der Waals surface area (Å²) in [5.41, 5.74) is 0.644. The van der Waals surface area contributed by atoms with Crippen molar-refractivity contribution < 1.29 is 19.4 Å². The molecule has 0 aliphatic carbocycles. The fourth-order valence-electron chi connectivity index (χ4n) is 1.73. The van der Waals surface area contributed by atoms with E-state index >= 15 is 0 Å². The summed E-state index contributed by atoms with van der Waals surface area (Å²) in [6.07, 6.45) is -0.659. The highest BCUT2D eigenvalue weighted by atomic mass is 79.9. The van der Waals surface area contributed by atoms with Crippen molar-refractivity contribution in [1.82, 2.24) is 5.32 Å². The number of methoxy groups -OCH3 is 1. The molecule has 2 N–H and O–H groups in total. The standard InChI is InChI=1S/C14H20BrNO4/c1-9(7-19-3)16-14(18)8-20-13-6-11(15)4-5-12(13)10(2)17/h4-6,9-10,17H,7-8H2,1-3H3,(H,16,18). The van der Waals surface area contributed by atoms with Crippen LogP contribution in [0.1, 0.15) is 25.5 Å². The molecule has 0 saturated carbocycles. The number of halogens is 1. The Hall–Kier alpha value is -1.11. The Kier molecular flexibility index (Phi) is 6.98. The van der Waals surface area contributed by atoms with Crippen LogP contribution in [0.4, 0.5) is 0 Å². The lowest BCUT2D eigenvalue weighted by atomic mass is 10.1. The quantitative estimate of drug-likeness (QED) is 0.793. The van der Waals surface area contributed by atoms with Crippen LogP contribution in [0, 0.1) is 0 Å². The van der Waals surface area contributed by atoms with E-state index in [2.05, 4.69) is 21.2 Å². The Morgan fingerprint density at radius 1 is 1.45 bits per heavy atom. The predicted octanol–water partition coefficient (Wildman–Crippen LogP) is 2.03. The largest absolute Gasteiger partial charge is 0.483 e. The van der Waals surface area contributed by atoms with Gasteiger partial charge in [0.05, 0.1) is 12.7 Å². The highest BCUT2D eigenvalue weighted by molar-refractivity contribution is 9.10. The van der Waals surface area contributed by atoms with Crippen LogP contribution in [0.15, 0.2) is 22.7 Å². The number of carbonyl (C=O) groups excluding carboxylic acids is 1. The van der Waals surface area contributed by atoms with Crippen molar-refractivity contribution >= 4 is 21.8 Å². The second-order valence-corrected chi connectivity index (χ2v) is 5.49. The Morgan fingerprint density at radius 2 is 2.15 bits per heavy atom. The van der Waals surface area contributed by atoms with E-state index in [0.29, 0.717) is 17.9 Å². The molecule has 0 aliphatic heterocycles. The summed E-state index contributed by atoms with van der Waals surface area (Å²) in [6.45, 7) is 3.84. The number of rotatable bonds is 7. The molecule has 0 radical (unpaired) electrons. The highest BCUT2D eigenvalue weighted by Crippen LogP contribution is 2.28. The molecule has 1 aromatic rings. The van der Waals surface area contributed by atoms with Gasteiger partial charge in [0.25, 0.3) is 5.91 Å². The summed E-state index contributed by atoms with van der Waals surface area (Å²) in [6, 6.07) is 5.23. The number of hydrogen-bond donors (Lipinski definition) is 2. The van der Waals surface area contributed by atoms with Gasteiger partial charge in [-0.05, 0) is 26.0 Å². The number of aliphatic hydroxyl groups excluding tert-OH is 1. The maximum atomic E-state index is 11.7. The van der Waals surface area contributed by atoms with Gasteiger partial charge in [0.1, 0.15) is 5.75 Å². The van der Waals surface area contributed by atoms with E-state index in [1.165, 1.54) is 0 Å². The lowest BCUT2D eigenvalue weighted by molar-refractivity contribution is -0.124. The molecule has 2 atom stereocenters. The van der Waals surface area contributed by atoms with Crippen molar-refractivity contribution in [3.63, 3.8) is 0 Å². The van der Waals surface area contributed by atoms with Gasteiger partial charge in [-0.3, -0.25) is 4.79 Å². The van der Waals surface area contributed by atoms with E-state index in [9.17, 15) is 9.90 Å². The van der Waals surface area contributed by atoms with Crippen molar-refractivity contribution in [2.75, 3.05) is 20.3 Å². The zero-order valence-electron chi connectivity index (χ0n) is 11.9. The highest BCUT2D eigenvalue weighted by Gasteiger charge is 2.12. The Morgan fingerprint density at radius 3 is 2.75 bits per heavy atom. The average molecular weight is 346 g/mol. The molecular weight excluding hydrogens is 326 g/mol. The van der Waals surface area contributed by atoms with Crippen LogP contribution in [0.25, 0.3) is 0 Å². The van der Waals surface area contributed by atoms with Gasteiger partial charge in [-0.15, -0.1) is 0 Å². The SMILES string of the molecule is COCC(C)NC(=O)COc1cc(Br)ccc1C(C)O. The number of ether oxygens (including phenoxy) is 2. The first-order chi connectivity index (χ1) is 9.43. The molecule has 0 fully saturated rings. The molecule has 20 heavy (non-hydrogen) atoms. The van der Waals surface area contributed by atoms with Gasteiger partial charge in [-0.25, -0.2) is 0 Å². The van der Waals surface area contributed by atoms with Crippen molar-refractivity contribution in [2.45, 2.75) is 26.0 Å². The third kappa shape index (κ3) is 5.48. The smallest absolute Gasteiger partial charge is 0.258 e. The topological polar surface area (TPSA) is 67.8 Å². The van der Waals surface area contributed by atoms with E-state index in [4.69, 9.17) is 9.47 Å². The van der Waals surface area contributed by atoms with Crippen LogP contribution in [0.3, 0.4) is 0 Å². The van der Waals surface area contributed by atoms with Gasteiger partial charge < -0.3 is 19.9 Å². The van der Waals surface area contributed by atoms with E-state index in [1.54, 1.807) is 26.2 Å². The fraction of sp³-hybridized carbons (Fsp3) is 0.500. The zero-order chi connectivity index (χ0) is 15.1. The zero-order valence-corrected chi connectivity index (χ0v) is 13.4. The monoisotopic (exact) mass is 345 g/mol. The van der Waals surface area contributed by atoms with Gasteiger partial charge in [-0.1, -0.05) is 22.0 Å². The lowest BCUT2D eigenvalue weighted by Gasteiger charge is -2.16. The molecule has 1 aromatic carbocycles. The van der Waals surface area contributed by atoms with Gasteiger partial charge in [0.2, 0.25) is 0 Å². The average Bonchev–Trinajstić information content (AvgIpc) is 2.36. The molecule has 5 nitrogen and oxygen atoms in total. The van der Waals surface area contributed by atoms with Crippen molar-refractivity contribution in [1.29, 1.82) is 0 Å². The van der Waals surface area contributed by atoms with E-state index < -0.39 is 6.10 Å². The number of hydrogen-bond acceptors (Lipinski definition) is 4. The molecule has 112 valence electrons. The molecule has 0 saturated heterocycles. The Labute approximate surface area is 127 Å². The Bertz CT molecular complexity index is 451. The van der Waals surface area contributed by atoms with Crippen LogP contribution < -0.4 is 10.1 Å². The van der Waals surface area contributed by atoms with Crippen LogP contribution in [0.5, 0.6) is 5.75 Å². The van der Waals surface area contributed by atoms with E-state index in [0.717, 1.165) is 4.47 Å². The summed E-state index contributed by atoms with van der Waals surface area (Å²) >= 11 is 3.33. The maximum absolute atomic E-state index is 11.7. The van der Waals surface area contributed by atoms with Crippen LogP contribution >= 0.6 is 15.9 Å². The lowest BCUT2D eigenvalue weighted by Crippen LogP contribution is -2.38. The molecule has 0 aromatic heterocycles. The third-order valence-electron chi connectivity index (χ3n) is 2.61. The predicted molar refractivity (Wildman–Crippen MR) is 79.8 cm³/mol. The summed E-state index contributed by atoms with van der Waals surface area (Å²) in [4.78, 5) is 11.7. The summed E-state index contributed by atoms with van der Waals surface area (Å²) in [7, 11) is 1.58. The normalized spacial score (nSPS) is 13.7. The molecule has 6 heteroatoms. The second-order valence-electron chi connectivity index (χ2n) is 4.57. The van der Waals surface area contributed by atoms with Crippen LogP contribution in [-0.2, 0) is 9.53 Å². The second kappa shape index (κ2) is 8.24. The minimum Gasteiger partial charge on any atom is -0.483 e. The fourth-order valence-corrected chi connectivity index (χ4v) is 2.07. The van der Waals surface area contributed by atoms with Gasteiger partial charge >= 0.3 is 0 Å². The number of carbonyl (C=O) groups is 1. The number of amides is 1. The Balaban J connectivity index is 2.61. The first kappa shape index (κ1) is 16.9. The molecule has 0 spiro atoms. The molecule has 2 unspecified atom stereocenters. The van der Waals surface area contributed by atoms with Crippen molar-refractivity contribution in [3.8, 4) is 5.75 Å². The first-order valence-electron chi connectivity index (χ1n) is 6.32. The molecule has 0 bridgehead atoms. The molecule has 1 rings (SSSR count). The maximum Gasteiger partial charge on any atom is 0.258 e. The van der Waals surface area contributed by atoms with Gasteiger partial charge in [0.15, 0.2) is 6.61 Å². The minimum absolute atomic E-state index is 0.0742. The summed E-state index contributed by atoms with van der Waals surface area (Å²) in [5, 5.41) is 12.4. The van der Waals surface area contributed by atoms with Crippen molar-refractivity contribution in [2.24, 2.45) is 0 Å². The molecule has 1 amide bonds. The summed E-state index contributed by atoms with van der Waals surface area (Å²) in [5.74, 6) is 0.259. The summed E-state index contributed by atoms with van der Waals surface area (Å²) < 4.78 is 11.2. The van der Waals surface area contributed by atoms with Crippen LogP contribution in [-0.4, -0.2) is 37.4 Å². The number of benzene rings is 1. The van der Waals surface area contributed by atoms with Gasteiger partial charge in [-0.2, -0.15) is 0 Å². The number of nitrogens with one attached hydrogen (secondary N) is 1. The minimum atomic E-state index is -0.659. The van der Waals surface area contributed by atoms with E-state index in [1.807, 2.05) is 13.0 Å². The first-order valence-corrected chi connectivity index (χ1v) is 7.12. The van der Waals surface area contributed by atoms with Crippen LogP contribution in [0.2, 0.25) is 0 Å². The third-order valence-corrected chi connectivity index (χ3v) is 3.10. The van der Waals surface area contributed by atoms with Gasteiger partial charge in [0, 0.05) is 23.2 Å². The molecular formula is C14H20BrNO4. The molecule has 0 heterocycles. The number of aliphatic hydroxyl groups is 1. The van der Waals surface area contributed by atoms with E-state index in [-0.39, 0.29) is 18.6 Å².